The summed E-state index contributed by atoms with van der Waals surface area (Å²) in [5.74, 6) is -0.584. The molecule has 0 aromatic carbocycles. The molecule has 3 aromatic rings. The molecular weight excluding hydrogens is 372 g/mol. The molecule has 0 fully saturated rings. The Morgan fingerprint density at radius 2 is 1.64 bits per heavy atom. The molecule has 0 unspecified atom stereocenters. The first-order valence-electron chi connectivity index (χ1n) is 8.23. The Morgan fingerprint density at radius 1 is 1.04 bits per heavy atom. The summed E-state index contributed by atoms with van der Waals surface area (Å²) in [5, 5.41) is 19.6. The molecule has 0 radical (unpaired) electrons. The van der Waals surface area contributed by atoms with Gasteiger partial charge in [0.15, 0.2) is 0 Å². The highest BCUT2D eigenvalue weighted by Crippen LogP contribution is 2.34. The maximum absolute atomic E-state index is 13.0. The van der Waals surface area contributed by atoms with Crippen LogP contribution in [0.1, 0.15) is 17.0 Å². The highest BCUT2D eigenvalue weighted by atomic mass is 32.1. The second-order valence-corrected chi connectivity index (χ2v) is 7.02. The van der Waals surface area contributed by atoms with Crippen LogP contribution < -0.4 is 20.5 Å². The predicted molar refractivity (Wildman–Crippen MR) is 105 cm³/mol. The van der Waals surface area contributed by atoms with E-state index < -0.39 is 5.92 Å². The van der Waals surface area contributed by atoms with Crippen LogP contribution in [0.4, 0.5) is 0 Å². The zero-order valence-corrected chi connectivity index (χ0v) is 15.2. The number of rotatable bonds is 2. The van der Waals surface area contributed by atoms with Gasteiger partial charge in [0.25, 0.3) is 5.56 Å². The van der Waals surface area contributed by atoms with Crippen LogP contribution in [-0.4, -0.2) is 14.5 Å². The summed E-state index contributed by atoms with van der Waals surface area (Å²) in [6.07, 6.45) is 8.16. The van der Waals surface area contributed by atoms with Gasteiger partial charge in [-0.25, -0.2) is 0 Å². The number of fused-ring (bicyclic) bond motifs is 1. The van der Waals surface area contributed by atoms with Gasteiger partial charge in [0.1, 0.15) is 10.5 Å². The lowest BCUT2D eigenvalue weighted by Crippen LogP contribution is -2.38. The van der Waals surface area contributed by atoms with E-state index in [0.29, 0.717) is 14.8 Å². The fraction of sp³-hybridized carbons (Fsp3) is 0.0500. The molecular formula is C20H12N6OS. The summed E-state index contributed by atoms with van der Waals surface area (Å²) >= 11 is 1.18. The second kappa shape index (κ2) is 6.95. The number of pyridine rings is 2. The van der Waals surface area contributed by atoms with Crippen molar-refractivity contribution < 1.29 is 0 Å². The summed E-state index contributed by atoms with van der Waals surface area (Å²) < 4.78 is 2.11. The lowest BCUT2D eigenvalue weighted by Gasteiger charge is -2.22. The van der Waals surface area contributed by atoms with Crippen molar-refractivity contribution in [2.24, 2.45) is 5.73 Å². The van der Waals surface area contributed by atoms with Crippen molar-refractivity contribution in [3.63, 3.8) is 0 Å². The van der Waals surface area contributed by atoms with Crippen LogP contribution in [0.25, 0.3) is 17.5 Å². The molecule has 1 atom stereocenters. The topological polar surface area (TPSA) is 121 Å². The Labute approximate surface area is 163 Å². The van der Waals surface area contributed by atoms with E-state index in [4.69, 9.17) is 5.73 Å². The third-order valence-electron chi connectivity index (χ3n) is 4.43. The molecule has 3 aromatic heterocycles. The van der Waals surface area contributed by atoms with Crippen molar-refractivity contribution in [2.75, 3.05) is 0 Å². The highest BCUT2D eigenvalue weighted by molar-refractivity contribution is 7.07. The van der Waals surface area contributed by atoms with Gasteiger partial charge in [0.05, 0.1) is 33.7 Å². The van der Waals surface area contributed by atoms with E-state index in [-0.39, 0.29) is 17.0 Å². The zero-order chi connectivity index (χ0) is 19.7. The number of thiazole rings is 1. The van der Waals surface area contributed by atoms with Crippen molar-refractivity contribution in [1.82, 2.24) is 14.5 Å². The number of nitrogens with zero attached hydrogens (tertiary/aromatic N) is 5. The van der Waals surface area contributed by atoms with Crippen LogP contribution in [0.15, 0.2) is 59.4 Å². The summed E-state index contributed by atoms with van der Waals surface area (Å²) in [6.45, 7) is 0. The van der Waals surface area contributed by atoms with Crippen LogP contribution >= 0.6 is 11.3 Å². The number of nitriles is 2. The van der Waals surface area contributed by atoms with Crippen molar-refractivity contribution in [3.8, 4) is 12.1 Å². The van der Waals surface area contributed by atoms with Crippen LogP contribution in [-0.2, 0) is 0 Å². The van der Waals surface area contributed by atoms with Crippen LogP contribution in [0.2, 0.25) is 0 Å². The Hall–Kier alpha value is -4.01. The van der Waals surface area contributed by atoms with Gasteiger partial charge in [-0.15, -0.1) is 11.3 Å². The Balaban J connectivity index is 2.08. The molecule has 0 aliphatic carbocycles. The molecule has 0 amide bonds. The highest BCUT2D eigenvalue weighted by Gasteiger charge is 2.31. The monoisotopic (exact) mass is 384 g/mol. The summed E-state index contributed by atoms with van der Waals surface area (Å²) in [7, 11) is 0. The first-order valence-corrected chi connectivity index (χ1v) is 9.05. The van der Waals surface area contributed by atoms with Crippen LogP contribution in [0.5, 0.6) is 0 Å². The Kier molecular flexibility index (Phi) is 4.32. The third-order valence-corrected chi connectivity index (χ3v) is 5.54. The number of allylic oxidation sites excluding steroid dienone is 1. The van der Waals surface area contributed by atoms with Gasteiger partial charge >= 0.3 is 0 Å². The molecule has 7 nitrogen and oxygen atoms in total. The molecule has 0 saturated carbocycles. The van der Waals surface area contributed by atoms with Crippen molar-refractivity contribution in [1.29, 1.82) is 10.5 Å². The van der Waals surface area contributed by atoms with Crippen molar-refractivity contribution in [3.05, 3.63) is 85.3 Å². The van der Waals surface area contributed by atoms with Gasteiger partial charge in [-0.05, 0) is 41.5 Å². The van der Waals surface area contributed by atoms with E-state index in [9.17, 15) is 15.3 Å². The smallest absolute Gasteiger partial charge is 0.274 e. The Bertz CT molecular complexity index is 1350. The summed E-state index contributed by atoms with van der Waals surface area (Å²) in [6, 6.07) is 11.3. The maximum Gasteiger partial charge on any atom is 0.274 e. The molecule has 2 N–H and O–H groups in total. The number of hydrogen-bond donors (Lipinski definition) is 1. The van der Waals surface area contributed by atoms with Crippen LogP contribution in [0.3, 0.4) is 0 Å². The maximum atomic E-state index is 13.0. The van der Waals surface area contributed by atoms with Gasteiger partial charge < -0.3 is 5.73 Å². The second-order valence-electron chi connectivity index (χ2n) is 5.99. The average molecular weight is 384 g/mol. The molecule has 134 valence electrons. The zero-order valence-electron chi connectivity index (χ0n) is 14.4. The van der Waals surface area contributed by atoms with Crippen LogP contribution in [0, 0.1) is 22.7 Å². The van der Waals surface area contributed by atoms with E-state index in [1.165, 1.54) is 15.9 Å². The predicted octanol–water partition coefficient (Wildman–Crippen LogP) is 0.651. The molecule has 4 rings (SSSR count). The summed E-state index contributed by atoms with van der Waals surface area (Å²) in [5.41, 5.74) is 7.87. The number of nitrogens with two attached hydrogens (primary N) is 1. The first kappa shape index (κ1) is 17.4. The van der Waals surface area contributed by atoms with Gasteiger partial charge in [-0.2, -0.15) is 10.5 Å². The molecule has 28 heavy (non-hydrogen) atoms. The van der Waals surface area contributed by atoms with Crippen molar-refractivity contribution in [2.45, 2.75) is 5.92 Å². The number of hydrogen-bond acceptors (Lipinski definition) is 7. The third kappa shape index (κ3) is 2.69. The standard InChI is InChI=1S/C20H12N6OS/c21-10-14-17(13-3-7-25-8-4-13)15(11-22)20-26(18(14)23)19(27)16(28-20)9-12-1-5-24-6-2-12/h1-9,17H,23H2/b16-9+/t17-/m1/s1. The number of aromatic nitrogens is 3. The lowest BCUT2D eigenvalue weighted by atomic mass is 9.85. The molecule has 4 heterocycles. The summed E-state index contributed by atoms with van der Waals surface area (Å²) in [4.78, 5) is 20.9. The fourth-order valence-electron chi connectivity index (χ4n) is 3.15. The van der Waals surface area contributed by atoms with E-state index in [0.717, 1.165) is 11.1 Å². The molecule has 1 aliphatic heterocycles. The average Bonchev–Trinajstić information content (AvgIpc) is 3.05. The molecule has 8 heteroatoms. The van der Waals surface area contributed by atoms with Crippen molar-refractivity contribution >= 4 is 28.8 Å². The SMILES string of the molecule is N#CC1=C(N)n2c(s/c(=C/c3ccncc3)c2=O)=C(C#N)[C@@H]1c1ccncc1. The van der Waals surface area contributed by atoms with Gasteiger partial charge in [-0.1, -0.05) is 0 Å². The van der Waals surface area contributed by atoms with Gasteiger partial charge in [0.2, 0.25) is 0 Å². The van der Waals surface area contributed by atoms with E-state index in [1.807, 2.05) is 0 Å². The molecule has 0 spiro atoms. The van der Waals surface area contributed by atoms with Gasteiger partial charge in [-0.3, -0.25) is 19.3 Å². The van der Waals surface area contributed by atoms with E-state index in [2.05, 4.69) is 22.1 Å². The fourth-order valence-corrected chi connectivity index (χ4v) is 4.28. The molecule has 1 aliphatic rings. The quantitative estimate of drug-likeness (QED) is 0.692. The minimum Gasteiger partial charge on any atom is -0.384 e. The largest absolute Gasteiger partial charge is 0.384 e. The van der Waals surface area contributed by atoms with Gasteiger partial charge in [0, 0.05) is 24.8 Å². The lowest BCUT2D eigenvalue weighted by molar-refractivity contribution is 0.904. The minimum atomic E-state index is -0.634. The minimum absolute atomic E-state index is 0.0499. The van der Waals surface area contributed by atoms with E-state index >= 15 is 0 Å². The normalized spacial score (nSPS) is 16.4. The molecule has 0 bridgehead atoms. The Morgan fingerprint density at radius 3 is 2.25 bits per heavy atom. The van der Waals surface area contributed by atoms with E-state index in [1.54, 1.807) is 55.1 Å². The first-order chi connectivity index (χ1) is 13.7. The molecule has 0 saturated heterocycles.